The number of carbonyl (C=O) groups is 1. The van der Waals surface area contributed by atoms with Gasteiger partial charge in [0.25, 0.3) is 0 Å². The zero-order chi connectivity index (χ0) is 20.0. The fourth-order valence-electron chi connectivity index (χ4n) is 4.18. The lowest BCUT2D eigenvalue weighted by molar-refractivity contribution is -0.136. The van der Waals surface area contributed by atoms with E-state index in [1.54, 1.807) is 7.11 Å². The first kappa shape index (κ1) is 21.8. The van der Waals surface area contributed by atoms with E-state index in [1.165, 1.54) is 12.1 Å². The third-order valence-electron chi connectivity index (χ3n) is 5.53. The van der Waals surface area contributed by atoms with E-state index in [0.717, 1.165) is 31.6 Å². The summed E-state index contributed by atoms with van der Waals surface area (Å²) in [5.41, 5.74) is 1.05. The first-order valence-corrected chi connectivity index (χ1v) is 10.1. The topological polar surface area (TPSA) is 32.8 Å². The number of halogens is 1. The first-order chi connectivity index (χ1) is 12.8. The molecule has 1 amide bonds. The van der Waals surface area contributed by atoms with Gasteiger partial charge >= 0.3 is 0 Å². The third-order valence-corrected chi connectivity index (χ3v) is 5.53. The molecule has 152 valence electrons. The molecule has 1 heterocycles. The molecular weight excluding hydrogens is 343 g/mol. The highest BCUT2D eigenvalue weighted by molar-refractivity contribution is 5.77. The molecule has 4 nitrogen and oxygen atoms in total. The lowest BCUT2D eigenvalue weighted by Crippen LogP contribution is -2.58. The van der Waals surface area contributed by atoms with E-state index < -0.39 is 0 Å². The second kappa shape index (κ2) is 10.2. The van der Waals surface area contributed by atoms with Gasteiger partial charge in [0.15, 0.2) is 0 Å². The number of ether oxygens (including phenoxy) is 1. The second-order valence-electron chi connectivity index (χ2n) is 8.31. The van der Waals surface area contributed by atoms with Crippen LogP contribution < -0.4 is 0 Å². The quantitative estimate of drug-likeness (QED) is 0.687. The summed E-state index contributed by atoms with van der Waals surface area (Å²) in [6.45, 7) is 11.8. The number of rotatable bonds is 8. The second-order valence-corrected chi connectivity index (χ2v) is 8.31. The van der Waals surface area contributed by atoms with Crippen LogP contribution in [0.15, 0.2) is 24.3 Å². The number of carbonyl (C=O) groups excluding carboxylic acids is 1. The number of methoxy groups -OCH3 is 1. The standard InChI is InChI=1S/C22H35FN2O2/c1-16(2)12-20(19-6-8-21(23)9-7-19)13-22(26)24-14-17(3)25(10-11-27-5)18(4)15-24/h6-9,16-18,20H,10-15H2,1-5H3. The average Bonchev–Trinajstić information content (AvgIpc) is 2.60. The maximum Gasteiger partial charge on any atom is 0.223 e. The van der Waals surface area contributed by atoms with Crippen molar-refractivity contribution in [3.63, 3.8) is 0 Å². The van der Waals surface area contributed by atoms with E-state index in [4.69, 9.17) is 4.74 Å². The smallest absolute Gasteiger partial charge is 0.223 e. The van der Waals surface area contributed by atoms with Crippen molar-refractivity contribution in [2.24, 2.45) is 5.92 Å². The Hall–Kier alpha value is -1.46. The highest BCUT2D eigenvalue weighted by Gasteiger charge is 2.32. The lowest BCUT2D eigenvalue weighted by Gasteiger charge is -2.44. The molecule has 1 aromatic carbocycles. The van der Waals surface area contributed by atoms with Crippen LogP contribution in [0.5, 0.6) is 0 Å². The first-order valence-electron chi connectivity index (χ1n) is 10.1. The largest absolute Gasteiger partial charge is 0.383 e. The summed E-state index contributed by atoms with van der Waals surface area (Å²) >= 11 is 0. The molecule has 0 spiro atoms. The summed E-state index contributed by atoms with van der Waals surface area (Å²) in [6.07, 6.45) is 1.41. The highest BCUT2D eigenvalue weighted by atomic mass is 19.1. The molecular formula is C22H35FN2O2. The minimum Gasteiger partial charge on any atom is -0.383 e. The number of nitrogens with zero attached hydrogens (tertiary/aromatic N) is 2. The number of hydrogen-bond acceptors (Lipinski definition) is 3. The zero-order valence-corrected chi connectivity index (χ0v) is 17.5. The van der Waals surface area contributed by atoms with Crippen molar-refractivity contribution in [2.45, 2.75) is 58.5 Å². The molecule has 3 atom stereocenters. The molecule has 0 aliphatic carbocycles. The van der Waals surface area contributed by atoms with Crippen LogP contribution in [0.1, 0.15) is 52.0 Å². The van der Waals surface area contributed by atoms with Crippen LogP contribution in [0.25, 0.3) is 0 Å². The van der Waals surface area contributed by atoms with Gasteiger partial charge in [-0.2, -0.15) is 0 Å². The van der Waals surface area contributed by atoms with Crippen LogP contribution in [0.3, 0.4) is 0 Å². The SMILES string of the molecule is COCCN1C(C)CN(C(=O)CC(CC(C)C)c2ccc(F)cc2)CC1C. The van der Waals surface area contributed by atoms with Crippen LogP contribution in [-0.2, 0) is 9.53 Å². The van der Waals surface area contributed by atoms with E-state index in [-0.39, 0.29) is 17.6 Å². The molecule has 0 N–H and O–H groups in total. The van der Waals surface area contributed by atoms with E-state index in [9.17, 15) is 9.18 Å². The lowest BCUT2D eigenvalue weighted by atomic mass is 9.87. The predicted octanol–water partition coefficient (Wildman–Crippen LogP) is 3.91. The van der Waals surface area contributed by atoms with Crippen LogP contribution in [0, 0.1) is 11.7 Å². The monoisotopic (exact) mass is 378 g/mol. The van der Waals surface area contributed by atoms with Crippen molar-refractivity contribution in [1.82, 2.24) is 9.80 Å². The number of amides is 1. The van der Waals surface area contributed by atoms with E-state index in [2.05, 4.69) is 32.6 Å². The van der Waals surface area contributed by atoms with Crippen molar-refractivity contribution in [1.29, 1.82) is 0 Å². The maximum atomic E-state index is 13.3. The van der Waals surface area contributed by atoms with Crippen LogP contribution in [0.4, 0.5) is 4.39 Å². The molecule has 1 aromatic rings. The van der Waals surface area contributed by atoms with Crippen LogP contribution in [-0.4, -0.2) is 61.1 Å². The Kier molecular flexibility index (Phi) is 8.24. The van der Waals surface area contributed by atoms with Gasteiger partial charge in [-0.3, -0.25) is 9.69 Å². The van der Waals surface area contributed by atoms with Gasteiger partial charge < -0.3 is 9.64 Å². The Morgan fingerprint density at radius 1 is 1.19 bits per heavy atom. The molecule has 1 aliphatic heterocycles. The number of hydrogen-bond donors (Lipinski definition) is 0. The van der Waals surface area contributed by atoms with Gasteiger partial charge in [-0.15, -0.1) is 0 Å². The highest BCUT2D eigenvalue weighted by Crippen LogP contribution is 2.29. The van der Waals surface area contributed by atoms with Gasteiger partial charge in [-0.25, -0.2) is 4.39 Å². The Morgan fingerprint density at radius 2 is 1.78 bits per heavy atom. The van der Waals surface area contributed by atoms with Crippen molar-refractivity contribution < 1.29 is 13.9 Å². The van der Waals surface area contributed by atoms with Gasteiger partial charge in [-0.1, -0.05) is 26.0 Å². The molecule has 0 bridgehead atoms. The van der Waals surface area contributed by atoms with Gasteiger partial charge in [0.2, 0.25) is 5.91 Å². The summed E-state index contributed by atoms with van der Waals surface area (Å²) in [5, 5.41) is 0. The van der Waals surface area contributed by atoms with Gasteiger partial charge in [0, 0.05) is 45.2 Å². The average molecular weight is 379 g/mol. The van der Waals surface area contributed by atoms with Crippen LogP contribution in [0.2, 0.25) is 0 Å². The number of piperazine rings is 1. The van der Waals surface area contributed by atoms with Crippen molar-refractivity contribution in [3.05, 3.63) is 35.6 Å². The molecule has 3 unspecified atom stereocenters. The maximum absolute atomic E-state index is 13.3. The van der Waals surface area contributed by atoms with Crippen molar-refractivity contribution in [3.8, 4) is 0 Å². The van der Waals surface area contributed by atoms with Gasteiger partial charge in [0.05, 0.1) is 6.61 Å². The van der Waals surface area contributed by atoms with E-state index in [1.807, 2.05) is 17.0 Å². The van der Waals surface area contributed by atoms with Gasteiger partial charge in [0.1, 0.15) is 5.82 Å². The molecule has 0 radical (unpaired) electrons. The van der Waals surface area contributed by atoms with Crippen molar-refractivity contribution >= 4 is 5.91 Å². The fraction of sp³-hybridized carbons (Fsp3) is 0.682. The van der Waals surface area contributed by atoms with Gasteiger partial charge in [-0.05, 0) is 49.8 Å². The van der Waals surface area contributed by atoms with Crippen LogP contribution >= 0.6 is 0 Å². The molecule has 2 rings (SSSR count). The molecule has 1 saturated heterocycles. The Morgan fingerprint density at radius 3 is 2.30 bits per heavy atom. The molecule has 27 heavy (non-hydrogen) atoms. The normalized spacial score (nSPS) is 22.3. The molecule has 1 fully saturated rings. The van der Waals surface area contributed by atoms with Crippen molar-refractivity contribution in [2.75, 3.05) is 33.4 Å². The fourth-order valence-corrected chi connectivity index (χ4v) is 4.18. The number of benzene rings is 1. The molecule has 0 aromatic heterocycles. The Labute approximate surface area is 163 Å². The summed E-state index contributed by atoms with van der Waals surface area (Å²) in [4.78, 5) is 17.5. The summed E-state index contributed by atoms with van der Waals surface area (Å²) < 4.78 is 18.5. The molecule has 5 heteroatoms. The van der Waals surface area contributed by atoms with E-state index >= 15 is 0 Å². The minimum absolute atomic E-state index is 0.134. The molecule has 0 saturated carbocycles. The summed E-state index contributed by atoms with van der Waals surface area (Å²) in [7, 11) is 1.72. The third kappa shape index (κ3) is 6.28. The molecule has 1 aliphatic rings. The Balaban J connectivity index is 2.03. The summed E-state index contributed by atoms with van der Waals surface area (Å²) in [5.74, 6) is 0.588. The van der Waals surface area contributed by atoms with E-state index in [0.29, 0.717) is 31.0 Å². The summed E-state index contributed by atoms with van der Waals surface area (Å²) in [6, 6.07) is 7.27. The predicted molar refractivity (Wildman–Crippen MR) is 107 cm³/mol. The zero-order valence-electron chi connectivity index (χ0n) is 17.5. The minimum atomic E-state index is -0.233. The Bertz CT molecular complexity index is 578.